The normalized spacial score (nSPS) is 27.5. The lowest BCUT2D eigenvalue weighted by Gasteiger charge is -2.45. The van der Waals surface area contributed by atoms with Crippen LogP contribution in [-0.4, -0.2) is 31.1 Å². The van der Waals surface area contributed by atoms with Crippen molar-refractivity contribution >= 4 is 11.5 Å². The van der Waals surface area contributed by atoms with E-state index in [4.69, 9.17) is 14.5 Å². The van der Waals surface area contributed by atoms with Gasteiger partial charge in [-0.3, -0.25) is 4.99 Å². The summed E-state index contributed by atoms with van der Waals surface area (Å²) < 4.78 is 11.5. The predicted octanol–water partition coefficient (Wildman–Crippen LogP) is 4.60. The van der Waals surface area contributed by atoms with Crippen molar-refractivity contribution in [1.82, 2.24) is 0 Å². The maximum absolute atomic E-state index is 5.81. The van der Waals surface area contributed by atoms with Crippen LogP contribution in [0.15, 0.2) is 71.3 Å². The van der Waals surface area contributed by atoms with Crippen molar-refractivity contribution in [1.29, 1.82) is 0 Å². The molecule has 1 saturated heterocycles. The van der Waals surface area contributed by atoms with E-state index in [-0.39, 0.29) is 6.04 Å². The quantitative estimate of drug-likeness (QED) is 0.790. The molecule has 0 radical (unpaired) electrons. The van der Waals surface area contributed by atoms with Gasteiger partial charge < -0.3 is 14.4 Å². The van der Waals surface area contributed by atoms with Gasteiger partial charge in [0, 0.05) is 18.2 Å². The standard InChI is InChI=1S/C23H24N2O2/c1-3-7-17(8-4-1)20-16-23(24-18-9-5-2-6-10-18)25(20)19-11-12-21-22(15-19)27-14-13-26-21/h2-3,5-9,11-12,15,18,20H,1,4,10,13-14,16H2. The Bertz CT molecular complexity index is 878. The first-order chi connectivity index (χ1) is 13.4. The fourth-order valence-electron chi connectivity index (χ4n) is 4.06. The lowest BCUT2D eigenvalue weighted by molar-refractivity contribution is 0.171. The van der Waals surface area contributed by atoms with Gasteiger partial charge >= 0.3 is 0 Å². The smallest absolute Gasteiger partial charge is 0.163 e. The van der Waals surface area contributed by atoms with E-state index in [1.54, 1.807) is 0 Å². The van der Waals surface area contributed by atoms with E-state index in [1.807, 2.05) is 6.07 Å². The first-order valence-electron chi connectivity index (χ1n) is 9.84. The van der Waals surface area contributed by atoms with E-state index in [0.717, 1.165) is 48.7 Å². The van der Waals surface area contributed by atoms with Crippen LogP contribution >= 0.6 is 0 Å². The van der Waals surface area contributed by atoms with E-state index in [2.05, 4.69) is 59.6 Å². The molecule has 138 valence electrons. The van der Waals surface area contributed by atoms with Crippen molar-refractivity contribution < 1.29 is 9.47 Å². The summed E-state index contributed by atoms with van der Waals surface area (Å²) >= 11 is 0. The molecule has 4 nitrogen and oxygen atoms in total. The minimum atomic E-state index is 0.238. The number of nitrogens with zero attached hydrogens (tertiary/aromatic N) is 2. The summed E-state index contributed by atoms with van der Waals surface area (Å²) in [5.41, 5.74) is 2.53. The van der Waals surface area contributed by atoms with Crippen LogP contribution in [0.5, 0.6) is 11.5 Å². The lowest BCUT2D eigenvalue weighted by Crippen LogP contribution is -2.54. The number of hydrogen-bond acceptors (Lipinski definition) is 3. The summed E-state index contributed by atoms with van der Waals surface area (Å²) in [6.45, 7) is 1.22. The Morgan fingerprint density at radius 1 is 1.00 bits per heavy atom. The van der Waals surface area contributed by atoms with E-state index >= 15 is 0 Å². The monoisotopic (exact) mass is 360 g/mol. The van der Waals surface area contributed by atoms with E-state index < -0.39 is 0 Å². The van der Waals surface area contributed by atoms with Crippen molar-refractivity contribution in [3.05, 3.63) is 66.3 Å². The molecule has 5 rings (SSSR count). The minimum absolute atomic E-state index is 0.238. The maximum atomic E-state index is 5.81. The Balaban J connectivity index is 1.47. The summed E-state index contributed by atoms with van der Waals surface area (Å²) in [5.74, 6) is 2.82. The summed E-state index contributed by atoms with van der Waals surface area (Å²) in [7, 11) is 0. The second-order valence-electron chi connectivity index (χ2n) is 7.26. The van der Waals surface area contributed by atoms with Crippen molar-refractivity contribution in [2.75, 3.05) is 18.1 Å². The van der Waals surface area contributed by atoms with E-state index in [1.165, 1.54) is 5.57 Å². The number of anilines is 1. The summed E-state index contributed by atoms with van der Waals surface area (Å²) in [5, 5.41) is 0. The molecule has 0 aromatic heterocycles. The molecule has 4 heteroatoms. The molecule has 27 heavy (non-hydrogen) atoms. The third-order valence-electron chi connectivity index (χ3n) is 5.45. The zero-order chi connectivity index (χ0) is 18.1. The van der Waals surface area contributed by atoms with Crippen molar-refractivity contribution in [2.45, 2.75) is 37.8 Å². The third-order valence-corrected chi connectivity index (χ3v) is 5.45. The molecular formula is C23H24N2O2. The Kier molecular flexibility index (Phi) is 4.32. The zero-order valence-corrected chi connectivity index (χ0v) is 15.4. The summed E-state index contributed by atoms with van der Waals surface area (Å²) in [4.78, 5) is 7.40. The average Bonchev–Trinajstić information content (AvgIpc) is 2.72. The molecule has 1 fully saturated rings. The van der Waals surface area contributed by atoms with Crippen LogP contribution in [0.1, 0.15) is 25.7 Å². The van der Waals surface area contributed by atoms with Crippen LogP contribution in [0.4, 0.5) is 5.69 Å². The molecule has 1 aromatic carbocycles. The zero-order valence-electron chi connectivity index (χ0n) is 15.4. The van der Waals surface area contributed by atoms with Crippen LogP contribution in [0.25, 0.3) is 0 Å². The SMILES string of the molecule is C1=CCC(N=C2CC(C3=CCCC=C3)N2c2ccc3c(c2)OCCO3)C=C1. The topological polar surface area (TPSA) is 34.1 Å². The molecule has 0 spiro atoms. The largest absolute Gasteiger partial charge is 0.486 e. The van der Waals surface area contributed by atoms with Gasteiger partial charge in [-0.2, -0.15) is 0 Å². The molecule has 0 saturated carbocycles. The molecule has 0 N–H and O–H groups in total. The molecule has 2 unspecified atom stereocenters. The lowest BCUT2D eigenvalue weighted by atomic mass is 9.88. The second-order valence-corrected chi connectivity index (χ2v) is 7.26. The number of ether oxygens (including phenoxy) is 2. The molecular weight excluding hydrogens is 336 g/mol. The van der Waals surface area contributed by atoms with Crippen LogP contribution in [0, 0.1) is 0 Å². The number of amidine groups is 1. The van der Waals surface area contributed by atoms with Crippen LogP contribution in [0.2, 0.25) is 0 Å². The summed E-state index contributed by atoms with van der Waals surface area (Å²) in [6.07, 6.45) is 19.7. The van der Waals surface area contributed by atoms with Crippen LogP contribution in [-0.2, 0) is 0 Å². The summed E-state index contributed by atoms with van der Waals surface area (Å²) in [6, 6.07) is 6.83. The van der Waals surface area contributed by atoms with Crippen LogP contribution in [0.3, 0.4) is 0 Å². The fourth-order valence-corrected chi connectivity index (χ4v) is 4.06. The Hall–Kier alpha value is -2.75. The Morgan fingerprint density at radius 3 is 2.74 bits per heavy atom. The van der Waals surface area contributed by atoms with Gasteiger partial charge in [-0.1, -0.05) is 42.5 Å². The highest BCUT2D eigenvalue weighted by Gasteiger charge is 2.38. The van der Waals surface area contributed by atoms with Gasteiger partial charge in [0.15, 0.2) is 11.5 Å². The van der Waals surface area contributed by atoms with Gasteiger partial charge in [0.1, 0.15) is 19.0 Å². The molecule has 2 heterocycles. The third kappa shape index (κ3) is 3.20. The number of allylic oxidation sites excluding steroid dienone is 4. The van der Waals surface area contributed by atoms with Gasteiger partial charge in [-0.15, -0.1) is 0 Å². The first kappa shape index (κ1) is 16.4. The number of rotatable bonds is 3. The predicted molar refractivity (Wildman–Crippen MR) is 109 cm³/mol. The van der Waals surface area contributed by atoms with Crippen molar-refractivity contribution in [3.63, 3.8) is 0 Å². The molecule has 2 aliphatic heterocycles. The molecule has 2 aliphatic carbocycles. The maximum Gasteiger partial charge on any atom is 0.163 e. The van der Waals surface area contributed by atoms with Gasteiger partial charge in [0.2, 0.25) is 0 Å². The fraction of sp³-hybridized carbons (Fsp3) is 0.348. The van der Waals surface area contributed by atoms with E-state index in [0.29, 0.717) is 19.3 Å². The van der Waals surface area contributed by atoms with Crippen LogP contribution < -0.4 is 14.4 Å². The van der Waals surface area contributed by atoms with E-state index in [9.17, 15) is 0 Å². The number of hydrogen-bond donors (Lipinski definition) is 0. The second kappa shape index (κ2) is 7.10. The first-order valence-corrected chi connectivity index (χ1v) is 9.84. The Morgan fingerprint density at radius 2 is 1.93 bits per heavy atom. The highest BCUT2D eigenvalue weighted by atomic mass is 16.6. The van der Waals surface area contributed by atoms with Gasteiger partial charge in [-0.05, 0) is 37.0 Å². The molecule has 4 aliphatic rings. The number of benzene rings is 1. The highest BCUT2D eigenvalue weighted by molar-refractivity contribution is 6.06. The van der Waals surface area contributed by atoms with Crippen molar-refractivity contribution in [2.24, 2.45) is 4.99 Å². The molecule has 1 aromatic rings. The highest BCUT2D eigenvalue weighted by Crippen LogP contribution is 2.40. The van der Waals surface area contributed by atoms with Gasteiger partial charge in [0.25, 0.3) is 0 Å². The molecule has 0 bridgehead atoms. The van der Waals surface area contributed by atoms with Gasteiger partial charge in [0.05, 0.1) is 12.1 Å². The van der Waals surface area contributed by atoms with Crippen molar-refractivity contribution in [3.8, 4) is 11.5 Å². The van der Waals surface area contributed by atoms with Gasteiger partial charge in [-0.25, -0.2) is 0 Å². The average molecular weight is 360 g/mol. The minimum Gasteiger partial charge on any atom is -0.486 e. The number of aliphatic imine (C=N–C) groups is 1. The Labute approximate surface area is 160 Å². The molecule has 2 atom stereocenters. The molecule has 0 amide bonds. The number of fused-ring (bicyclic) bond motifs is 1.